The van der Waals surface area contributed by atoms with Gasteiger partial charge in [-0.3, -0.25) is 0 Å². The highest BCUT2D eigenvalue weighted by atomic mass is 32.2. The van der Waals surface area contributed by atoms with Crippen molar-refractivity contribution < 1.29 is 22.7 Å². The second-order valence-corrected chi connectivity index (χ2v) is 5.78. The van der Waals surface area contributed by atoms with Crippen LogP contribution in [0.15, 0.2) is 23.1 Å². The van der Waals surface area contributed by atoms with Gasteiger partial charge < -0.3 is 14.4 Å². The van der Waals surface area contributed by atoms with Gasteiger partial charge in [0.2, 0.25) is 10.0 Å². The van der Waals surface area contributed by atoms with Crippen LogP contribution in [0.1, 0.15) is 10.4 Å². The van der Waals surface area contributed by atoms with E-state index in [4.69, 9.17) is 14.6 Å². The van der Waals surface area contributed by atoms with E-state index in [0.717, 1.165) is 0 Å². The summed E-state index contributed by atoms with van der Waals surface area (Å²) in [5, 5.41) is 5.16. The first kappa shape index (κ1) is 16.4. The molecule has 0 heterocycles. The van der Waals surface area contributed by atoms with Crippen molar-refractivity contribution in [2.24, 2.45) is 5.14 Å². The first-order valence-corrected chi connectivity index (χ1v) is 7.32. The number of hydrogen-bond donors (Lipinski definition) is 1. The lowest BCUT2D eigenvalue weighted by molar-refractivity contribution is 0.0388. The van der Waals surface area contributed by atoms with Gasteiger partial charge in [0.05, 0.1) is 17.9 Å². The number of carbonyl (C=O) groups is 1. The minimum atomic E-state index is -3.93. The predicted octanol–water partition coefficient (Wildman–Crippen LogP) is 0.203. The minimum absolute atomic E-state index is 0.0927. The second-order valence-electron chi connectivity index (χ2n) is 4.25. The molecule has 112 valence electrons. The maximum absolute atomic E-state index is 11.8. The Morgan fingerprint density at radius 2 is 1.95 bits per heavy atom. The summed E-state index contributed by atoms with van der Waals surface area (Å²) in [4.78, 5) is 13.2. The van der Waals surface area contributed by atoms with Gasteiger partial charge in [0.1, 0.15) is 11.5 Å². The summed E-state index contributed by atoms with van der Waals surface area (Å²) in [6.45, 7) is 0.360. The standard InChI is InChI=1S/C12H18N2O5S/c1-14(2)10-5-4-9(8-11(10)20(13,16)17)12(15)19-7-6-18-3/h4-5,8H,6-7H2,1-3H3,(H2,13,16,17). The van der Waals surface area contributed by atoms with Crippen LogP contribution in [0, 0.1) is 0 Å². The summed E-state index contributed by atoms with van der Waals surface area (Å²) < 4.78 is 32.8. The summed E-state index contributed by atoms with van der Waals surface area (Å²) in [5.74, 6) is -0.628. The molecule has 1 rings (SSSR count). The van der Waals surface area contributed by atoms with Gasteiger partial charge in [-0.2, -0.15) is 0 Å². The van der Waals surface area contributed by atoms with E-state index < -0.39 is 16.0 Å². The van der Waals surface area contributed by atoms with Crippen molar-refractivity contribution in [2.45, 2.75) is 4.90 Å². The largest absolute Gasteiger partial charge is 0.460 e. The molecular formula is C12H18N2O5S. The normalized spacial score (nSPS) is 11.2. The van der Waals surface area contributed by atoms with Crippen LogP contribution in [0.25, 0.3) is 0 Å². The van der Waals surface area contributed by atoms with Gasteiger partial charge in [-0.25, -0.2) is 18.4 Å². The molecule has 0 aliphatic rings. The molecule has 8 heteroatoms. The van der Waals surface area contributed by atoms with Gasteiger partial charge in [-0.1, -0.05) is 0 Å². The maximum Gasteiger partial charge on any atom is 0.338 e. The monoisotopic (exact) mass is 302 g/mol. The average Bonchev–Trinajstić information content (AvgIpc) is 2.37. The molecule has 0 aliphatic carbocycles. The van der Waals surface area contributed by atoms with E-state index >= 15 is 0 Å². The molecular weight excluding hydrogens is 284 g/mol. The van der Waals surface area contributed by atoms with Crippen molar-refractivity contribution in [1.29, 1.82) is 0 Å². The number of anilines is 1. The first-order chi connectivity index (χ1) is 9.27. The van der Waals surface area contributed by atoms with Crippen LogP contribution in [0.4, 0.5) is 5.69 Å². The van der Waals surface area contributed by atoms with Crippen LogP contribution in [0.5, 0.6) is 0 Å². The summed E-state index contributed by atoms with van der Waals surface area (Å²) >= 11 is 0. The van der Waals surface area contributed by atoms with Crippen molar-refractivity contribution in [3.8, 4) is 0 Å². The number of ether oxygens (including phenoxy) is 2. The smallest absolute Gasteiger partial charge is 0.338 e. The number of nitrogens with two attached hydrogens (primary N) is 1. The first-order valence-electron chi connectivity index (χ1n) is 5.77. The number of carbonyl (C=O) groups excluding carboxylic acids is 1. The fraction of sp³-hybridized carbons (Fsp3) is 0.417. The Labute approximate surface area is 118 Å². The van der Waals surface area contributed by atoms with Gasteiger partial charge in [0.15, 0.2) is 0 Å². The van der Waals surface area contributed by atoms with Crippen LogP contribution >= 0.6 is 0 Å². The van der Waals surface area contributed by atoms with E-state index in [1.807, 2.05) is 0 Å². The molecule has 0 radical (unpaired) electrons. The summed E-state index contributed by atoms with van der Waals surface area (Å²) in [7, 11) is 0.913. The molecule has 0 aliphatic heterocycles. The van der Waals surface area contributed by atoms with Crippen molar-refractivity contribution in [1.82, 2.24) is 0 Å². The lowest BCUT2D eigenvalue weighted by Crippen LogP contribution is -2.20. The number of esters is 1. The molecule has 1 aromatic carbocycles. The molecule has 2 N–H and O–H groups in total. The summed E-state index contributed by atoms with van der Waals surface area (Å²) in [5.41, 5.74) is 0.525. The molecule has 0 aromatic heterocycles. The molecule has 0 unspecified atom stereocenters. The third kappa shape index (κ3) is 4.19. The molecule has 0 saturated carbocycles. The fourth-order valence-electron chi connectivity index (χ4n) is 1.54. The maximum atomic E-state index is 11.8. The number of sulfonamides is 1. The predicted molar refractivity (Wildman–Crippen MR) is 74.3 cm³/mol. The zero-order valence-electron chi connectivity index (χ0n) is 11.6. The zero-order chi connectivity index (χ0) is 15.3. The number of primary sulfonamides is 1. The Kier molecular flexibility index (Phi) is 5.49. The fourth-order valence-corrected chi connectivity index (χ4v) is 2.37. The van der Waals surface area contributed by atoms with Crippen molar-refractivity contribution in [3.05, 3.63) is 23.8 Å². The highest BCUT2D eigenvalue weighted by Gasteiger charge is 2.19. The SMILES string of the molecule is COCCOC(=O)c1ccc(N(C)C)c(S(N)(=O)=O)c1. The molecule has 0 atom stereocenters. The quantitative estimate of drug-likeness (QED) is 0.595. The molecule has 0 amide bonds. The summed E-state index contributed by atoms with van der Waals surface area (Å²) in [6, 6.07) is 4.20. The van der Waals surface area contributed by atoms with Crippen LogP contribution < -0.4 is 10.0 Å². The Morgan fingerprint density at radius 3 is 2.45 bits per heavy atom. The zero-order valence-corrected chi connectivity index (χ0v) is 12.4. The number of nitrogens with zero attached hydrogens (tertiary/aromatic N) is 1. The van der Waals surface area contributed by atoms with Crippen LogP contribution in [0.3, 0.4) is 0 Å². The minimum Gasteiger partial charge on any atom is -0.460 e. The molecule has 0 saturated heterocycles. The van der Waals surface area contributed by atoms with Crippen molar-refractivity contribution in [3.63, 3.8) is 0 Å². The van der Waals surface area contributed by atoms with E-state index in [9.17, 15) is 13.2 Å². The van der Waals surface area contributed by atoms with Crippen molar-refractivity contribution in [2.75, 3.05) is 39.3 Å². The van der Waals surface area contributed by atoms with E-state index in [1.54, 1.807) is 19.0 Å². The highest BCUT2D eigenvalue weighted by molar-refractivity contribution is 7.89. The van der Waals surface area contributed by atoms with E-state index in [2.05, 4.69) is 0 Å². The Balaban J connectivity index is 3.10. The van der Waals surface area contributed by atoms with Crippen LogP contribution in [-0.2, 0) is 19.5 Å². The molecule has 0 fully saturated rings. The number of benzene rings is 1. The lowest BCUT2D eigenvalue weighted by Gasteiger charge is -2.17. The van der Waals surface area contributed by atoms with Crippen molar-refractivity contribution >= 4 is 21.7 Å². The molecule has 20 heavy (non-hydrogen) atoms. The van der Waals surface area contributed by atoms with E-state index in [0.29, 0.717) is 5.69 Å². The van der Waals surface area contributed by atoms with Gasteiger partial charge in [-0.15, -0.1) is 0 Å². The topological polar surface area (TPSA) is 98.9 Å². The van der Waals surface area contributed by atoms with Crippen LogP contribution in [0.2, 0.25) is 0 Å². The average molecular weight is 302 g/mol. The van der Waals surface area contributed by atoms with Gasteiger partial charge in [0.25, 0.3) is 0 Å². The molecule has 1 aromatic rings. The van der Waals surface area contributed by atoms with E-state index in [-0.39, 0.29) is 23.7 Å². The third-order valence-electron chi connectivity index (χ3n) is 2.50. The number of methoxy groups -OCH3 is 1. The van der Waals surface area contributed by atoms with Gasteiger partial charge >= 0.3 is 5.97 Å². The number of rotatable bonds is 6. The Bertz CT molecular complexity index is 584. The molecule has 0 bridgehead atoms. The van der Waals surface area contributed by atoms with Gasteiger partial charge in [-0.05, 0) is 18.2 Å². The van der Waals surface area contributed by atoms with E-state index in [1.165, 1.54) is 25.3 Å². The summed E-state index contributed by atoms with van der Waals surface area (Å²) in [6.07, 6.45) is 0. The Hall–Kier alpha value is -1.64. The molecule has 0 spiro atoms. The van der Waals surface area contributed by atoms with Crippen LogP contribution in [-0.4, -0.2) is 48.8 Å². The highest BCUT2D eigenvalue weighted by Crippen LogP contribution is 2.24. The third-order valence-corrected chi connectivity index (χ3v) is 3.44. The van der Waals surface area contributed by atoms with Gasteiger partial charge in [0, 0.05) is 21.2 Å². The molecule has 7 nitrogen and oxygen atoms in total. The Morgan fingerprint density at radius 1 is 1.30 bits per heavy atom. The lowest BCUT2D eigenvalue weighted by atomic mass is 10.2. The number of hydrogen-bond acceptors (Lipinski definition) is 6. The second kappa shape index (κ2) is 6.69.